The largest absolute Gasteiger partial charge is 0.449 e. The molecule has 0 aliphatic carbocycles. The Bertz CT molecular complexity index is 745. The lowest BCUT2D eigenvalue weighted by Gasteiger charge is -2.15. The third-order valence-corrected chi connectivity index (χ3v) is 4.39. The Morgan fingerprint density at radius 2 is 1.80 bits per heavy atom. The Hall–Kier alpha value is -2.34. The van der Waals surface area contributed by atoms with E-state index in [1.807, 2.05) is 30.5 Å². The molecule has 0 radical (unpaired) electrons. The summed E-state index contributed by atoms with van der Waals surface area (Å²) in [5.74, 6) is -0.509. The second-order valence-corrected chi connectivity index (χ2v) is 6.67. The molecule has 5 nitrogen and oxygen atoms in total. The van der Waals surface area contributed by atoms with Crippen molar-refractivity contribution in [2.24, 2.45) is 0 Å². The van der Waals surface area contributed by atoms with E-state index < -0.39 is 12.1 Å². The van der Waals surface area contributed by atoms with Crippen LogP contribution in [-0.4, -0.2) is 29.2 Å². The molecule has 0 aliphatic heterocycles. The number of esters is 1. The molecule has 2 rings (SSSR count). The van der Waals surface area contributed by atoms with E-state index >= 15 is 0 Å². The van der Waals surface area contributed by atoms with Gasteiger partial charge in [0.15, 0.2) is 6.10 Å². The molecule has 2 aromatic rings. The van der Waals surface area contributed by atoms with Crippen LogP contribution in [0.4, 0.5) is 5.69 Å². The SMILES string of the molecule is CSc1ncccc1C(=O)O[C@H](C)C(=O)Nc1ccc(C(C)C)cc1. The average Bonchev–Trinajstić information content (AvgIpc) is 2.61. The molecule has 132 valence electrons. The number of pyridine rings is 1. The molecular formula is C19H22N2O3S. The predicted octanol–water partition coefficient (Wildman–Crippen LogP) is 4.11. The highest BCUT2D eigenvalue weighted by atomic mass is 32.2. The highest BCUT2D eigenvalue weighted by Gasteiger charge is 2.21. The van der Waals surface area contributed by atoms with Crippen molar-refractivity contribution in [3.8, 4) is 0 Å². The van der Waals surface area contributed by atoms with Crippen molar-refractivity contribution < 1.29 is 14.3 Å². The fourth-order valence-corrected chi connectivity index (χ4v) is 2.72. The minimum Gasteiger partial charge on any atom is -0.449 e. The Balaban J connectivity index is 1.99. The number of aromatic nitrogens is 1. The number of thioether (sulfide) groups is 1. The highest BCUT2D eigenvalue weighted by molar-refractivity contribution is 7.98. The third-order valence-electron chi connectivity index (χ3n) is 3.68. The number of rotatable bonds is 6. The Morgan fingerprint density at radius 3 is 2.40 bits per heavy atom. The molecule has 1 aromatic carbocycles. The summed E-state index contributed by atoms with van der Waals surface area (Å²) < 4.78 is 5.27. The first kappa shape index (κ1) is 19.0. The second kappa shape index (κ2) is 8.67. The number of nitrogens with zero attached hydrogens (tertiary/aromatic N) is 1. The van der Waals surface area contributed by atoms with Crippen LogP contribution < -0.4 is 5.32 Å². The van der Waals surface area contributed by atoms with E-state index in [-0.39, 0.29) is 5.91 Å². The monoisotopic (exact) mass is 358 g/mol. The predicted molar refractivity (Wildman–Crippen MR) is 100 cm³/mol. The molecule has 6 heteroatoms. The number of carbonyl (C=O) groups is 2. The topological polar surface area (TPSA) is 68.3 Å². The molecular weight excluding hydrogens is 336 g/mol. The van der Waals surface area contributed by atoms with E-state index in [1.165, 1.54) is 17.3 Å². The zero-order chi connectivity index (χ0) is 18.4. The molecule has 1 N–H and O–H groups in total. The third kappa shape index (κ3) is 5.06. The van der Waals surface area contributed by atoms with Crippen molar-refractivity contribution in [3.05, 3.63) is 53.7 Å². The van der Waals surface area contributed by atoms with Crippen LogP contribution in [0.1, 0.15) is 42.6 Å². The summed E-state index contributed by atoms with van der Waals surface area (Å²) in [5, 5.41) is 3.33. The maximum atomic E-state index is 12.3. The van der Waals surface area contributed by atoms with Gasteiger partial charge in [0, 0.05) is 11.9 Å². The summed E-state index contributed by atoms with van der Waals surface area (Å²) >= 11 is 1.35. The van der Waals surface area contributed by atoms with E-state index in [1.54, 1.807) is 25.3 Å². The van der Waals surface area contributed by atoms with Crippen molar-refractivity contribution in [2.45, 2.75) is 37.8 Å². The van der Waals surface area contributed by atoms with E-state index in [9.17, 15) is 9.59 Å². The van der Waals surface area contributed by atoms with Gasteiger partial charge in [-0.25, -0.2) is 9.78 Å². The van der Waals surface area contributed by atoms with Gasteiger partial charge in [-0.15, -0.1) is 11.8 Å². The van der Waals surface area contributed by atoms with Crippen LogP contribution in [0.3, 0.4) is 0 Å². The van der Waals surface area contributed by atoms with Crippen LogP contribution in [-0.2, 0) is 9.53 Å². The van der Waals surface area contributed by atoms with E-state index in [4.69, 9.17) is 4.74 Å². The number of hydrogen-bond acceptors (Lipinski definition) is 5. The van der Waals surface area contributed by atoms with Crippen molar-refractivity contribution in [1.29, 1.82) is 0 Å². The molecule has 1 aromatic heterocycles. The summed E-state index contributed by atoms with van der Waals surface area (Å²) in [6.45, 7) is 5.76. The summed E-state index contributed by atoms with van der Waals surface area (Å²) in [6.07, 6.45) is 2.53. The fraction of sp³-hybridized carbons (Fsp3) is 0.316. The van der Waals surface area contributed by atoms with E-state index in [2.05, 4.69) is 24.1 Å². The van der Waals surface area contributed by atoms with Gasteiger partial charge in [0.25, 0.3) is 5.91 Å². The first-order valence-corrected chi connectivity index (χ1v) is 9.25. The highest BCUT2D eigenvalue weighted by Crippen LogP contribution is 2.19. The van der Waals surface area contributed by atoms with Crippen LogP contribution in [0.15, 0.2) is 47.6 Å². The standard InChI is InChI=1S/C19H22N2O3S/c1-12(2)14-7-9-15(10-8-14)21-17(22)13(3)24-19(23)16-6-5-11-20-18(16)25-4/h5-13H,1-4H3,(H,21,22)/t13-/m1/s1. The van der Waals surface area contributed by atoms with Crippen molar-refractivity contribution in [2.75, 3.05) is 11.6 Å². The van der Waals surface area contributed by atoms with Gasteiger partial charge in [0.2, 0.25) is 0 Å². The number of nitrogens with one attached hydrogen (secondary N) is 1. The van der Waals surface area contributed by atoms with Gasteiger partial charge in [0.05, 0.1) is 5.56 Å². The molecule has 1 amide bonds. The number of carbonyl (C=O) groups excluding carboxylic acids is 2. The number of ether oxygens (including phenoxy) is 1. The summed E-state index contributed by atoms with van der Waals surface area (Å²) in [6, 6.07) is 10.9. The number of hydrogen-bond donors (Lipinski definition) is 1. The van der Waals surface area contributed by atoms with Gasteiger partial charge < -0.3 is 10.1 Å². The van der Waals surface area contributed by atoms with Gasteiger partial charge in [-0.3, -0.25) is 4.79 Å². The minimum absolute atomic E-state index is 0.357. The number of benzene rings is 1. The zero-order valence-corrected chi connectivity index (χ0v) is 15.6. The first-order chi connectivity index (χ1) is 11.9. The molecule has 0 saturated heterocycles. The van der Waals surface area contributed by atoms with Gasteiger partial charge in [0.1, 0.15) is 5.03 Å². The van der Waals surface area contributed by atoms with Crippen LogP contribution in [0.2, 0.25) is 0 Å². The van der Waals surface area contributed by atoms with Crippen molar-refractivity contribution >= 4 is 29.3 Å². The van der Waals surface area contributed by atoms with Gasteiger partial charge in [-0.2, -0.15) is 0 Å². The summed E-state index contributed by atoms with van der Waals surface area (Å²) in [4.78, 5) is 28.6. The van der Waals surface area contributed by atoms with Crippen LogP contribution in [0.5, 0.6) is 0 Å². The lowest BCUT2D eigenvalue weighted by Crippen LogP contribution is -2.30. The smallest absolute Gasteiger partial charge is 0.341 e. The van der Waals surface area contributed by atoms with Crippen molar-refractivity contribution in [3.63, 3.8) is 0 Å². The lowest BCUT2D eigenvalue weighted by atomic mass is 10.0. The second-order valence-electron chi connectivity index (χ2n) is 5.87. The maximum absolute atomic E-state index is 12.3. The molecule has 0 aliphatic rings. The Kier molecular flexibility index (Phi) is 6.58. The molecule has 0 spiro atoms. The molecule has 1 atom stereocenters. The Labute approximate surface area is 152 Å². The Morgan fingerprint density at radius 1 is 1.12 bits per heavy atom. The molecule has 0 saturated carbocycles. The normalized spacial score (nSPS) is 11.9. The molecule has 1 heterocycles. The van der Waals surface area contributed by atoms with E-state index in [0.29, 0.717) is 22.2 Å². The number of anilines is 1. The molecule has 25 heavy (non-hydrogen) atoms. The number of amides is 1. The van der Waals surface area contributed by atoms with Gasteiger partial charge >= 0.3 is 5.97 Å². The van der Waals surface area contributed by atoms with E-state index in [0.717, 1.165) is 0 Å². The van der Waals surface area contributed by atoms with Crippen LogP contribution in [0, 0.1) is 0 Å². The fourth-order valence-electron chi connectivity index (χ4n) is 2.18. The maximum Gasteiger partial charge on any atom is 0.341 e. The molecule has 0 bridgehead atoms. The lowest BCUT2D eigenvalue weighted by molar-refractivity contribution is -0.123. The molecule has 0 fully saturated rings. The minimum atomic E-state index is -0.910. The van der Waals surface area contributed by atoms with Crippen molar-refractivity contribution in [1.82, 2.24) is 4.98 Å². The first-order valence-electron chi connectivity index (χ1n) is 8.03. The average molecular weight is 358 g/mol. The zero-order valence-electron chi connectivity index (χ0n) is 14.8. The summed E-state index contributed by atoms with van der Waals surface area (Å²) in [7, 11) is 0. The van der Waals surface area contributed by atoms with Crippen LogP contribution >= 0.6 is 11.8 Å². The molecule has 0 unspecified atom stereocenters. The quantitative estimate of drug-likeness (QED) is 0.622. The van der Waals surface area contributed by atoms with Gasteiger partial charge in [-0.1, -0.05) is 26.0 Å². The van der Waals surface area contributed by atoms with Crippen LogP contribution in [0.25, 0.3) is 0 Å². The van der Waals surface area contributed by atoms with Gasteiger partial charge in [-0.05, 0) is 48.9 Å². The summed E-state index contributed by atoms with van der Waals surface area (Å²) in [5.41, 5.74) is 2.22.